The molecular weight excluding hydrogens is 410 g/mol. The van der Waals surface area contributed by atoms with Crippen molar-refractivity contribution in [3.8, 4) is 0 Å². The topological polar surface area (TPSA) is 83.2 Å². The summed E-state index contributed by atoms with van der Waals surface area (Å²) in [6.07, 6.45) is 1.58. The number of aryl methyl sites for hydroxylation is 2. The van der Waals surface area contributed by atoms with Crippen LogP contribution in [0.3, 0.4) is 0 Å². The Morgan fingerprint density at radius 2 is 1.61 bits per heavy atom. The van der Waals surface area contributed by atoms with Crippen molar-refractivity contribution in [2.24, 2.45) is 0 Å². The van der Waals surface area contributed by atoms with Gasteiger partial charge in [-0.05, 0) is 62.2 Å². The van der Waals surface area contributed by atoms with Crippen LogP contribution >= 0.6 is 0 Å². The smallest absolute Gasteiger partial charge is 0.159 e. The minimum atomic E-state index is 0.565. The molecule has 1 aliphatic rings. The number of nitrogens with two attached hydrogens (primary N) is 1. The molecule has 0 unspecified atom stereocenters. The van der Waals surface area contributed by atoms with Gasteiger partial charge in [-0.15, -0.1) is 0 Å². The van der Waals surface area contributed by atoms with Crippen LogP contribution in [0.25, 0.3) is 10.9 Å². The van der Waals surface area contributed by atoms with E-state index in [-0.39, 0.29) is 0 Å². The second kappa shape index (κ2) is 8.58. The van der Waals surface area contributed by atoms with Gasteiger partial charge >= 0.3 is 0 Å². The van der Waals surface area contributed by atoms with Crippen molar-refractivity contribution in [1.82, 2.24) is 15.0 Å². The summed E-state index contributed by atoms with van der Waals surface area (Å²) in [5, 5.41) is 4.44. The van der Waals surface area contributed by atoms with Crippen LogP contribution in [-0.2, 0) is 0 Å². The van der Waals surface area contributed by atoms with E-state index >= 15 is 0 Å². The Morgan fingerprint density at radius 1 is 0.848 bits per heavy atom. The van der Waals surface area contributed by atoms with E-state index in [9.17, 15) is 0 Å². The largest absolute Gasteiger partial charge is 0.393 e. The van der Waals surface area contributed by atoms with Gasteiger partial charge in [-0.25, -0.2) is 9.97 Å². The van der Waals surface area contributed by atoms with Crippen LogP contribution < -0.4 is 20.9 Å². The molecule has 0 bridgehead atoms. The average molecular weight is 440 g/mol. The summed E-state index contributed by atoms with van der Waals surface area (Å²) in [6, 6.07) is 16.6. The monoisotopic (exact) mass is 439 g/mol. The lowest BCUT2D eigenvalue weighted by Crippen LogP contribution is -2.47. The molecule has 7 heteroatoms. The summed E-state index contributed by atoms with van der Waals surface area (Å²) >= 11 is 0. The average Bonchev–Trinajstić information content (AvgIpc) is 2.82. The molecule has 7 nitrogen and oxygen atoms in total. The SMILES string of the molecule is Cc1ccc2c(Nc3ncnc(N4CCN(c5cccc(C)c5C)CC4)c3N)cccc2n1. The van der Waals surface area contributed by atoms with E-state index in [0.29, 0.717) is 11.5 Å². The van der Waals surface area contributed by atoms with Crippen molar-refractivity contribution >= 4 is 39.6 Å². The second-order valence-electron chi connectivity index (χ2n) is 8.60. The summed E-state index contributed by atoms with van der Waals surface area (Å²) in [4.78, 5) is 18.3. The van der Waals surface area contributed by atoms with Gasteiger partial charge in [-0.3, -0.25) is 4.98 Å². The lowest BCUT2D eigenvalue weighted by atomic mass is 10.1. The first-order valence-corrected chi connectivity index (χ1v) is 11.3. The van der Waals surface area contributed by atoms with Gasteiger partial charge in [0.05, 0.1) is 5.52 Å². The molecule has 2 aromatic carbocycles. The molecule has 0 radical (unpaired) electrons. The zero-order valence-electron chi connectivity index (χ0n) is 19.3. The highest BCUT2D eigenvalue weighted by atomic mass is 15.3. The van der Waals surface area contributed by atoms with E-state index in [1.165, 1.54) is 16.8 Å². The highest BCUT2D eigenvalue weighted by Crippen LogP contribution is 2.32. The predicted molar refractivity (Wildman–Crippen MR) is 137 cm³/mol. The molecule has 0 saturated carbocycles. The fourth-order valence-electron chi connectivity index (χ4n) is 4.47. The molecule has 0 spiro atoms. The van der Waals surface area contributed by atoms with Crippen molar-refractivity contribution in [3.05, 3.63) is 71.7 Å². The van der Waals surface area contributed by atoms with E-state index < -0.39 is 0 Å². The van der Waals surface area contributed by atoms with Crippen LogP contribution in [0, 0.1) is 20.8 Å². The maximum absolute atomic E-state index is 6.56. The number of aromatic nitrogens is 3. The van der Waals surface area contributed by atoms with Gasteiger partial charge in [-0.1, -0.05) is 18.2 Å². The second-order valence-corrected chi connectivity index (χ2v) is 8.60. The van der Waals surface area contributed by atoms with E-state index in [1.807, 2.05) is 31.2 Å². The Balaban J connectivity index is 1.36. The highest BCUT2D eigenvalue weighted by Gasteiger charge is 2.22. The van der Waals surface area contributed by atoms with Gasteiger partial charge in [0, 0.05) is 48.6 Å². The molecule has 0 aliphatic carbocycles. The van der Waals surface area contributed by atoms with Gasteiger partial charge in [0.1, 0.15) is 12.0 Å². The first kappa shape index (κ1) is 21.0. The number of benzene rings is 2. The minimum absolute atomic E-state index is 0.565. The summed E-state index contributed by atoms with van der Waals surface area (Å²) in [6.45, 7) is 9.90. The molecule has 4 aromatic rings. The minimum Gasteiger partial charge on any atom is -0.393 e. The third-order valence-electron chi connectivity index (χ3n) is 6.48. The fourth-order valence-corrected chi connectivity index (χ4v) is 4.47. The molecule has 1 fully saturated rings. The molecule has 5 rings (SSSR count). The number of nitrogens with zero attached hydrogens (tertiary/aromatic N) is 5. The first-order valence-electron chi connectivity index (χ1n) is 11.3. The highest BCUT2D eigenvalue weighted by molar-refractivity contribution is 5.94. The number of anilines is 5. The number of fused-ring (bicyclic) bond motifs is 1. The summed E-state index contributed by atoms with van der Waals surface area (Å²) in [5.74, 6) is 1.40. The standard InChI is InChI=1S/C26H29N7/c1-17-6-4-9-23(19(17)3)32-12-14-33(15-13-32)26-24(27)25(28-16-29-26)31-22-8-5-7-21-20(22)11-10-18(2)30-21/h4-11,16H,12-15,27H2,1-3H3,(H,28,29,31). The number of piperazine rings is 1. The van der Waals surface area contributed by atoms with Crippen LogP contribution in [-0.4, -0.2) is 41.1 Å². The van der Waals surface area contributed by atoms with Crippen molar-refractivity contribution in [2.75, 3.05) is 47.0 Å². The summed E-state index contributed by atoms with van der Waals surface area (Å²) in [7, 11) is 0. The zero-order valence-corrected chi connectivity index (χ0v) is 19.3. The fraction of sp³-hybridized carbons (Fsp3) is 0.269. The summed E-state index contributed by atoms with van der Waals surface area (Å²) < 4.78 is 0. The van der Waals surface area contributed by atoms with Crippen molar-refractivity contribution in [2.45, 2.75) is 20.8 Å². The van der Waals surface area contributed by atoms with Crippen LogP contribution in [0.1, 0.15) is 16.8 Å². The molecule has 1 saturated heterocycles. The Hall–Kier alpha value is -3.87. The number of hydrogen-bond donors (Lipinski definition) is 2. The van der Waals surface area contributed by atoms with Crippen LogP contribution in [0.5, 0.6) is 0 Å². The Kier molecular flexibility index (Phi) is 5.46. The molecule has 2 aromatic heterocycles. The molecule has 0 atom stereocenters. The Morgan fingerprint density at radius 3 is 2.42 bits per heavy atom. The number of hydrogen-bond acceptors (Lipinski definition) is 7. The van der Waals surface area contributed by atoms with Gasteiger partial charge in [0.2, 0.25) is 0 Å². The molecule has 1 aliphatic heterocycles. The van der Waals surface area contributed by atoms with Crippen LogP contribution in [0.15, 0.2) is 54.9 Å². The van der Waals surface area contributed by atoms with E-state index in [4.69, 9.17) is 5.73 Å². The quantitative estimate of drug-likeness (QED) is 0.481. The van der Waals surface area contributed by atoms with Gasteiger partial charge < -0.3 is 20.9 Å². The van der Waals surface area contributed by atoms with Crippen molar-refractivity contribution in [1.29, 1.82) is 0 Å². The van der Waals surface area contributed by atoms with Crippen LogP contribution in [0.2, 0.25) is 0 Å². The first-order chi connectivity index (χ1) is 16.0. The third kappa shape index (κ3) is 4.02. The van der Waals surface area contributed by atoms with E-state index in [0.717, 1.165) is 54.3 Å². The number of pyridine rings is 1. The normalized spacial score (nSPS) is 14.0. The maximum atomic E-state index is 6.56. The molecular formula is C26H29N7. The van der Waals surface area contributed by atoms with Gasteiger partial charge in [0.25, 0.3) is 0 Å². The van der Waals surface area contributed by atoms with Crippen molar-refractivity contribution < 1.29 is 0 Å². The lowest BCUT2D eigenvalue weighted by molar-refractivity contribution is 0.646. The predicted octanol–water partition coefficient (Wildman–Crippen LogP) is 4.60. The molecule has 3 heterocycles. The zero-order chi connectivity index (χ0) is 22.9. The van der Waals surface area contributed by atoms with E-state index in [2.05, 4.69) is 68.2 Å². The Bertz CT molecular complexity index is 1310. The third-order valence-corrected chi connectivity index (χ3v) is 6.48. The summed E-state index contributed by atoms with van der Waals surface area (Å²) in [5.41, 5.74) is 14.0. The molecule has 33 heavy (non-hydrogen) atoms. The number of nitrogen functional groups attached to an aromatic ring is 1. The maximum Gasteiger partial charge on any atom is 0.159 e. The van der Waals surface area contributed by atoms with Crippen molar-refractivity contribution in [3.63, 3.8) is 0 Å². The van der Waals surface area contributed by atoms with Crippen LogP contribution in [0.4, 0.5) is 28.7 Å². The molecule has 0 amide bonds. The number of nitrogens with one attached hydrogen (secondary N) is 1. The number of rotatable bonds is 4. The molecule has 3 N–H and O–H groups in total. The van der Waals surface area contributed by atoms with E-state index in [1.54, 1.807) is 6.33 Å². The Labute approximate surface area is 194 Å². The van der Waals surface area contributed by atoms with Gasteiger partial charge in [-0.2, -0.15) is 0 Å². The van der Waals surface area contributed by atoms with Gasteiger partial charge in [0.15, 0.2) is 11.6 Å². The molecule has 168 valence electrons. The lowest BCUT2D eigenvalue weighted by Gasteiger charge is -2.38.